The number of carbonyl (C=O) groups excluding carboxylic acids is 3. The summed E-state index contributed by atoms with van der Waals surface area (Å²) in [5, 5.41) is 5.12. The number of anilines is 1. The molecule has 1 aromatic heterocycles. The van der Waals surface area contributed by atoms with Gasteiger partial charge < -0.3 is 15.4 Å². The molecule has 1 heterocycles. The number of rotatable bonds is 7. The zero-order valence-corrected chi connectivity index (χ0v) is 17.0. The number of imidazole rings is 1. The van der Waals surface area contributed by atoms with Crippen molar-refractivity contribution in [2.45, 2.75) is 13.8 Å². The van der Waals surface area contributed by atoms with Crippen LogP contribution in [0.25, 0.3) is 5.69 Å². The van der Waals surface area contributed by atoms with Crippen LogP contribution in [-0.2, 0) is 14.3 Å². The Kier molecular flexibility index (Phi) is 6.76. The summed E-state index contributed by atoms with van der Waals surface area (Å²) in [6, 6.07) is 11.0. The Bertz CT molecular complexity index is 1110. The summed E-state index contributed by atoms with van der Waals surface area (Å²) in [6.07, 6.45) is 2.66. The number of aromatic nitrogens is 2. The monoisotopic (exact) mass is 424 g/mol. The van der Waals surface area contributed by atoms with Crippen LogP contribution in [0.5, 0.6) is 0 Å². The van der Waals surface area contributed by atoms with Gasteiger partial charge in [0.2, 0.25) is 5.91 Å². The third kappa shape index (κ3) is 5.53. The molecule has 3 aromatic rings. The van der Waals surface area contributed by atoms with Gasteiger partial charge in [-0.25, -0.2) is 14.2 Å². The Morgan fingerprint density at radius 2 is 1.81 bits per heavy atom. The second-order valence-corrected chi connectivity index (χ2v) is 6.77. The van der Waals surface area contributed by atoms with Crippen molar-refractivity contribution in [2.24, 2.45) is 0 Å². The Morgan fingerprint density at radius 3 is 2.55 bits per heavy atom. The number of hydrogen-bond acceptors (Lipinski definition) is 5. The fourth-order valence-electron chi connectivity index (χ4n) is 2.77. The van der Waals surface area contributed by atoms with Crippen molar-refractivity contribution in [2.75, 3.05) is 18.5 Å². The molecule has 3 rings (SSSR count). The summed E-state index contributed by atoms with van der Waals surface area (Å²) in [6.45, 7) is 2.99. The van der Waals surface area contributed by atoms with Crippen LogP contribution >= 0.6 is 0 Å². The summed E-state index contributed by atoms with van der Waals surface area (Å²) in [7, 11) is 0. The molecular weight excluding hydrogens is 403 g/mol. The van der Waals surface area contributed by atoms with Gasteiger partial charge in [0.1, 0.15) is 5.82 Å². The second-order valence-electron chi connectivity index (χ2n) is 6.77. The van der Waals surface area contributed by atoms with Gasteiger partial charge in [-0.1, -0.05) is 12.1 Å². The van der Waals surface area contributed by atoms with Gasteiger partial charge in [-0.2, -0.15) is 0 Å². The molecule has 8 nitrogen and oxygen atoms in total. The number of carbonyl (C=O) groups is 3. The normalized spacial score (nSPS) is 10.4. The maximum Gasteiger partial charge on any atom is 0.357 e. The first kappa shape index (κ1) is 21.7. The summed E-state index contributed by atoms with van der Waals surface area (Å²) in [4.78, 5) is 40.2. The molecule has 2 aromatic carbocycles. The number of esters is 1. The van der Waals surface area contributed by atoms with Crippen LogP contribution in [0.2, 0.25) is 0 Å². The molecule has 0 spiro atoms. The topological polar surface area (TPSA) is 102 Å². The van der Waals surface area contributed by atoms with E-state index in [-0.39, 0.29) is 12.2 Å². The molecular formula is C22H21FN4O4. The highest BCUT2D eigenvalue weighted by Crippen LogP contribution is 2.17. The van der Waals surface area contributed by atoms with Crippen molar-refractivity contribution in [3.63, 3.8) is 0 Å². The highest BCUT2D eigenvalue weighted by atomic mass is 19.1. The quantitative estimate of drug-likeness (QED) is 0.568. The number of aryl methyl sites for hydroxylation is 1. The van der Waals surface area contributed by atoms with Gasteiger partial charge in [-0.15, -0.1) is 0 Å². The van der Waals surface area contributed by atoms with E-state index < -0.39 is 30.2 Å². The molecule has 9 heteroatoms. The van der Waals surface area contributed by atoms with E-state index in [1.54, 1.807) is 6.07 Å². The number of benzene rings is 2. The number of ether oxygens (including phenoxy) is 1. The standard InChI is InChI=1S/C22H21FN4O4/c1-14-4-3-5-18(15(14)2)26-20(28)11-25-21(29)12-31-22(30)19-10-24-13-27(19)17-8-6-16(23)7-9-17/h3-10,13H,11-12H2,1-2H3,(H,25,29)(H,26,28). The van der Waals surface area contributed by atoms with Crippen molar-refractivity contribution < 1.29 is 23.5 Å². The first-order valence-electron chi connectivity index (χ1n) is 9.43. The van der Waals surface area contributed by atoms with Crippen molar-refractivity contribution >= 4 is 23.5 Å². The third-order valence-corrected chi connectivity index (χ3v) is 4.61. The second kappa shape index (κ2) is 9.66. The van der Waals surface area contributed by atoms with Crippen LogP contribution in [0.3, 0.4) is 0 Å². The van der Waals surface area contributed by atoms with Gasteiger partial charge in [-0.05, 0) is 55.3 Å². The lowest BCUT2D eigenvalue weighted by atomic mass is 10.1. The van der Waals surface area contributed by atoms with E-state index in [0.717, 1.165) is 11.1 Å². The lowest BCUT2D eigenvalue weighted by molar-refractivity contribution is -0.126. The lowest BCUT2D eigenvalue weighted by Crippen LogP contribution is -2.35. The Labute approximate surface area is 178 Å². The molecule has 0 aliphatic carbocycles. The zero-order valence-electron chi connectivity index (χ0n) is 17.0. The van der Waals surface area contributed by atoms with Gasteiger partial charge in [0.05, 0.1) is 19.1 Å². The minimum Gasteiger partial charge on any atom is -0.451 e. The van der Waals surface area contributed by atoms with E-state index in [4.69, 9.17) is 4.74 Å². The number of hydrogen-bond donors (Lipinski definition) is 2. The largest absolute Gasteiger partial charge is 0.451 e. The minimum absolute atomic E-state index is 0.0760. The fraction of sp³-hybridized carbons (Fsp3) is 0.182. The average Bonchev–Trinajstić information content (AvgIpc) is 3.24. The maximum atomic E-state index is 13.1. The number of nitrogens with one attached hydrogen (secondary N) is 2. The van der Waals surface area contributed by atoms with Gasteiger partial charge >= 0.3 is 5.97 Å². The smallest absolute Gasteiger partial charge is 0.357 e. The van der Waals surface area contributed by atoms with E-state index in [9.17, 15) is 18.8 Å². The zero-order chi connectivity index (χ0) is 22.4. The molecule has 31 heavy (non-hydrogen) atoms. The molecule has 0 unspecified atom stereocenters. The third-order valence-electron chi connectivity index (χ3n) is 4.61. The molecule has 0 aliphatic heterocycles. The van der Waals surface area contributed by atoms with E-state index >= 15 is 0 Å². The van der Waals surface area contributed by atoms with Crippen LogP contribution in [0.1, 0.15) is 21.6 Å². The molecule has 0 saturated carbocycles. The van der Waals surface area contributed by atoms with Crippen molar-refractivity contribution in [3.05, 3.63) is 77.6 Å². The van der Waals surface area contributed by atoms with Crippen molar-refractivity contribution in [1.29, 1.82) is 0 Å². The molecule has 2 N–H and O–H groups in total. The van der Waals surface area contributed by atoms with Crippen LogP contribution in [0, 0.1) is 19.7 Å². The SMILES string of the molecule is Cc1cccc(NC(=O)CNC(=O)COC(=O)c2cncn2-c2ccc(F)cc2)c1C. The van der Waals surface area contributed by atoms with Crippen molar-refractivity contribution in [3.8, 4) is 5.69 Å². The van der Waals surface area contributed by atoms with E-state index in [2.05, 4.69) is 15.6 Å². The lowest BCUT2D eigenvalue weighted by Gasteiger charge is -2.11. The van der Waals surface area contributed by atoms with Crippen LogP contribution in [-0.4, -0.2) is 40.5 Å². The predicted molar refractivity (Wildman–Crippen MR) is 111 cm³/mol. The summed E-state index contributed by atoms with van der Waals surface area (Å²) < 4.78 is 19.5. The summed E-state index contributed by atoms with van der Waals surface area (Å²) in [5.41, 5.74) is 3.23. The predicted octanol–water partition coefficient (Wildman–Crippen LogP) is 2.54. The van der Waals surface area contributed by atoms with E-state index in [1.165, 1.54) is 41.4 Å². The molecule has 2 amide bonds. The molecule has 0 aliphatic rings. The van der Waals surface area contributed by atoms with Crippen LogP contribution < -0.4 is 10.6 Å². The first-order chi connectivity index (χ1) is 14.8. The number of halogens is 1. The van der Waals surface area contributed by atoms with Crippen LogP contribution in [0.15, 0.2) is 55.0 Å². The summed E-state index contributed by atoms with van der Waals surface area (Å²) in [5.74, 6) is -2.22. The highest BCUT2D eigenvalue weighted by molar-refractivity contribution is 5.96. The molecule has 0 fully saturated rings. The van der Waals surface area contributed by atoms with E-state index in [1.807, 2.05) is 26.0 Å². The first-order valence-corrected chi connectivity index (χ1v) is 9.43. The minimum atomic E-state index is -0.781. The molecule has 0 radical (unpaired) electrons. The van der Waals surface area contributed by atoms with Crippen molar-refractivity contribution in [1.82, 2.24) is 14.9 Å². The maximum absolute atomic E-state index is 13.1. The number of nitrogens with zero attached hydrogens (tertiary/aromatic N) is 2. The Hall–Kier alpha value is -4.01. The molecule has 0 bridgehead atoms. The number of amides is 2. The fourth-order valence-corrected chi connectivity index (χ4v) is 2.77. The van der Waals surface area contributed by atoms with Gasteiger partial charge in [-0.3, -0.25) is 14.2 Å². The van der Waals surface area contributed by atoms with Gasteiger partial charge in [0, 0.05) is 11.4 Å². The Balaban J connectivity index is 1.49. The van der Waals surface area contributed by atoms with Gasteiger partial charge in [0.25, 0.3) is 5.91 Å². The molecule has 0 atom stereocenters. The average molecular weight is 424 g/mol. The summed E-state index contributed by atoms with van der Waals surface area (Å²) >= 11 is 0. The van der Waals surface area contributed by atoms with Gasteiger partial charge in [0.15, 0.2) is 12.3 Å². The Morgan fingerprint density at radius 1 is 1.06 bits per heavy atom. The van der Waals surface area contributed by atoms with E-state index in [0.29, 0.717) is 11.4 Å². The molecule has 160 valence electrons. The highest BCUT2D eigenvalue weighted by Gasteiger charge is 2.17. The molecule has 0 saturated heterocycles. The van der Waals surface area contributed by atoms with Crippen LogP contribution in [0.4, 0.5) is 10.1 Å².